The van der Waals surface area contributed by atoms with E-state index in [1.54, 1.807) is 10.4 Å². The molecule has 0 radical (unpaired) electrons. The van der Waals surface area contributed by atoms with E-state index in [-0.39, 0.29) is 6.04 Å². The van der Waals surface area contributed by atoms with Crippen LogP contribution in [0.1, 0.15) is 71.5 Å². The predicted molar refractivity (Wildman–Crippen MR) is 92.1 cm³/mol. The summed E-state index contributed by atoms with van der Waals surface area (Å²) in [4.78, 5) is 2.90. The van der Waals surface area contributed by atoms with Crippen molar-refractivity contribution in [1.29, 1.82) is 0 Å². The van der Waals surface area contributed by atoms with Crippen LogP contribution in [-0.4, -0.2) is 0 Å². The summed E-state index contributed by atoms with van der Waals surface area (Å²) in [5, 5.41) is 0. The number of hydrogen-bond donors (Lipinski definition) is 1. The summed E-state index contributed by atoms with van der Waals surface area (Å²) in [6.07, 6.45) is 6.35. The molecule has 2 heteroatoms. The van der Waals surface area contributed by atoms with Gasteiger partial charge < -0.3 is 5.73 Å². The van der Waals surface area contributed by atoms with Crippen molar-refractivity contribution in [2.45, 2.75) is 57.9 Å². The first-order valence-corrected chi connectivity index (χ1v) is 8.97. The van der Waals surface area contributed by atoms with Crippen LogP contribution in [0.5, 0.6) is 0 Å². The number of fused-ring (bicyclic) bond motifs is 1. The van der Waals surface area contributed by atoms with Gasteiger partial charge in [-0.2, -0.15) is 0 Å². The fraction of sp³-hybridized carbons (Fsp3) is 0.474. The van der Waals surface area contributed by atoms with Crippen LogP contribution in [-0.2, 0) is 12.8 Å². The average molecular weight is 299 g/mol. The first-order chi connectivity index (χ1) is 10.2. The lowest BCUT2D eigenvalue weighted by atomic mass is 9.95. The number of hydrogen-bond acceptors (Lipinski definition) is 2. The zero-order valence-electron chi connectivity index (χ0n) is 13.1. The highest BCUT2D eigenvalue weighted by molar-refractivity contribution is 7.12. The predicted octanol–water partition coefficient (Wildman–Crippen LogP) is 5.19. The van der Waals surface area contributed by atoms with E-state index >= 15 is 0 Å². The third kappa shape index (κ3) is 3.07. The molecule has 2 aromatic rings. The molecule has 1 heterocycles. The first kappa shape index (κ1) is 14.8. The monoisotopic (exact) mass is 299 g/mol. The lowest BCUT2D eigenvalue weighted by Gasteiger charge is -2.13. The van der Waals surface area contributed by atoms with Crippen LogP contribution in [0.2, 0.25) is 0 Å². The molecule has 0 bridgehead atoms. The van der Waals surface area contributed by atoms with Crippen LogP contribution < -0.4 is 5.73 Å². The molecule has 0 aliphatic heterocycles. The average Bonchev–Trinajstić information content (AvgIpc) is 2.97. The van der Waals surface area contributed by atoms with Gasteiger partial charge in [-0.15, -0.1) is 11.3 Å². The number of benzene rings is 1. The van der Waals surface area contributed by atoms with Crippen LogP contribution in [0.4, 0.5) is 0 Å². The molecule has 1 aliphatic rings. The van der Waals surface area contributed by atoms with Gasteiger partial charge >= 0.3 is 0 Å². The summed E-state index contributed by atoms with van der Waals surface area (Å²) in [7, 11) is 0. The smallest absolute Gasteiger partial charge is 0.0646 e. The Balaban J connectivity index is 1.81. The van der Waals surface area contributed by atoms with Crippen molar-refractivity contribution in [2.24, 2.45) is 5.73 Å². The molecular weight excluding hydrogens is 274 g/mol. The topological polar surface area (TPSA) is 26.0 Å². The minimum Gasteiger partial charge on any atom is -0.320 e. The summed E-state index contributed by atoms with van der Waals surface area (Å²) < 4.78 is 0. The van der Waals surface area contributed by atoms with Crippen LogP contribution in [0.3, 0.4) is 0 Å². The van der Waals surface area contributed by atoms with E-state index < -0.39 is 0 Å². The molecule has 1 aromatic carbocycles. The first-order valence-electron chi connectivity index (χ1n) is 8.16. The van der Waals surface area contributed by atoms with Gasteiger partial charge in [0.05, 0.1) is 6.04 Å². The molecule has 2 unspecified atom stereocenters. The van der Waals surface area contributed by atoms with Gasteiger partial charge in [0.25, 0.3) is 0 Å². The van der Waals surface area contributed by atoms with Gasteiger partial charge in [-0.1, -0.05) is 38.1 Å². The van der Waals surface area contributed by atoms with Crippen molar-refractivity contribution < 1.29 is 0 Å². The Morgan fingerprint density at radius 3 is 2.43 bits per heavy atom. The summed E-state index contributed by atoms with van der Waals surface area (Å²) in [5.74, 6) is 0.629. The Morgan fingerprint density at radius 1 is 1.10 bits per heavy atom. The molecular formula is C19H25NS. The normalized spacial score (nSPS) is 17.3. The number of aryl methyl sites for hydroxylation is 2. The van der Waals surface area contributed by atoms with Gasteiger partial charge in [-0.05, 0) is 60.8 Å². The third-order valence-corrected chi connectivity index (χ3v) is 6.12. The van der Waals surface area contributed by atoms with E-state index in [2.05, 4.69) is 44.2 Å². The second-order valence-corrected chi connectivity index (χ2v) is 7.43. The summed E-state index contributed by atoms with van der Waals surface area (Å²) >= 11 is 1.93. The highest BCUT2D eigenvalue weighted by Crippen LogP contribution is 2.34. The summed E-state index contributed by atoms with van der Waals surface area (Å²) in [6, 6.07) is 11.3. The number of rotatable bonds is 4. The van der Waals surface area contributed by atoms with E-state index in [1.165, 1.54) is 48.1 Å². The zero-order chi connectivity index (χ0) is 14.8. The van der Waals surface area contributed by atoms with E-state index in [0.717, 1.165) is 0 Å². The van der Waals surface area contributed by atoms with E-state index in [0.29, 0.717) is 5.92 Å². The maximum Gasteiger partial charge on any atom is 0.0646 e. The van der Waals surface area contributed by atoms with Gasteiger partial charge in [0.1, 0.15) is 0 Å². The van der Waals surface area contributed by atoms with Crippen molar-refractivity contribution in [3.63, 3.8) is 0 Å². The molecule has 0 saturated carbocycles. The van der Waals surface area contributed by atoms with Crippen molar-refractivity contribution in [3.05, 3.63) is 56.8 Å². The van der Waals surface area contributed by atoms with Crippen LogP contribution >= 0.6 is 11.3 Å². The molecule has 112 valence electrons. The molecule has 2 atom stereocenters. The van der Waals surface area contributed by atoms with Crippen LogP contribution in [0.25, 0.3) is 0 Å². The van der Waals surface area contributed by atoms with Gasteiger partial charge in [-0.3, -0.25) is 0 Å². The van der Waals surface area contributed by atoms with Gasteiger partial charge in [0.2, 0.25) is 0 Å². The molecule has 1 nitrogen and oxygen atoms in total. The largest absolute Gasteiger partial charge is 0.320 e. The van der Waals surface area contributed by atoms with E-state index in [1.807, 2.05) is 11.3 Å². The minimum absolute atomic E-state index is 0.0339. The second-order valence-electron chi connectivity index (χ2n) is 6.26. The molecule has 0 amide bonds. The zero-order valence-corrected chi connectivity index (χ0v) is 13.9. The highest BCUT2D eigenvalue weighted by atomic mass is 32.1. The van der Waals surface area contributed by atoms with Gasteiger partial charge in [0.15, 0.2) is 0 Å². The highest BCUT2D eigenvalue weighted by Gasteiger charge is 2.18. The second kappa shape index (κ2) is 6.33. The maximum atomic E-state index is 6.50. The fourth-order valence-electron chi connectivity index (χ4n) is 3.10. The lowest BCUT2D eigenvalue weighted by molar-refractivity contribution is 0.696. The summed E-state index contributed by atoms with van der Waals surface area (Å²) in [5.41, 5.74) is 10.7. The molecule has 21 heavy (non-hydrogen) atoms. The van der Waals surface area contributed by atoms with E-state index in [9.17, 15) is 0 Å². The van der Waals surface area contributed by atoms with Crippen LogP contribution in [0.15, 0.2) is 30.3 Å². The standard InChI is InChI=1S/C19H25NS/c1-3-13(2)14-8-10-15(11-9-14)19(20)18-12-16-6-4-5-7-17(16)21-18/h8-13,19H,3-7,20H2,1-2H3. The lowest BCUT2D eigenvalue weighted by Crippen LogP contribution is -2.10. The molecule has 2 N–H and O–H groups in total. The van der Waals surface area contributed by atoms with Crippen molar-refractivity contribution in [1.82, 2.24) is 0 Å². The Hall–Kier alpha value is -1.12. The SMILES string of the molecule is CCC(C)c1ccc(C(N)c2cc3c(s2)CCCC3)cc1. The van der Waals surface area contributed by atoms with Crippen LogP contribution in [0, 0.1) is 0 Å². The van der Waals surface area contributed by atoms with Crippen molar-refractivity contribution >= 4 is 11.3 Å². The van der Waals surface area contributed by atoms with E-state index in [4.69, 9.17) is 5.73 Å². The molecule has 0 fully saturated rings. The Bertz CT molecular complexity index is 573. The van der Waals surface area contributed by atoms with Gasteiger partial charge in [-0.25, -0.2) is 0 Å². The summed E-state index contributed by atoms with van der Waals surface area (Å²) in [6.45, 7) is 4.52. The van der Waals surface area contributed by atoms with Crippen molar-refractivity contribution in [3.8, 4) is 0 Å². The third-order valence-electron chi connectivity index (χ3n) is 4.80. The molecule has 1 aliphatic carbocycles. The van der Waals surface area contributed by atoms with Crippen molar-refractivity contribution in [2.75, 3.05) is 0 Å². The number of thiophene rings is 1. The van der Waals surface area contributed by atoms with Gasteiger partial charge in [0, 0.05) is 9.75 Å². The maximum absolute atomic E-state index is 6.50. The number of nitrogens with two attached hydrogens (primary N) is 1. The molecule has 0 saturated heterocycles. The Morgan fingerprint density at radius 2 is 1.76 bits per heavy atom. The molecule has 0 spiro atoms. The Labute approximate surface area is 132 Å². The quantitative estimate of drug-likeness (QED) is 0.826. The molecule has 3 rings (SSSR count). The molecule has 1 aromatic heterocycles. The minimum atomic E-state index is 0.0339. The fourth-order valence-corrected chi connectivity index (χ4v) is 4.39. The Kier molecular flexibility index (Phi) is 4.46.